The van der Waals surface area contributed by atoms with E-state index in [1.165, 1.54) is 12.1 Å². The highest BCUT2D eigenvalue weighted by Crippen LogP contribution is 2.24. The fraction of sp³-hybridized carbons (Fsp3) is 0.143. The van der Waals surface area contributed by atoms with E-state index in [9.17, 15) is 15.0 Å². The predicted octanol–water partition coefficient (Wildman–Crippen LogP) is 2.20. The van der Waals surface area contributed by atoms with Crippen molar-refractivity contribution in [2.24, 2.45) is 0 Å². The molecule has 0 saturated heterocycles. The van der Waals surface area contributed by atoms with Crippen molar-refractivity contribution in [3.05, 3.63) is 59.9 Å². The Morgan fingerprint density at radius 3 is 2.72 bits per heavy atom. The molecule has 0 spiro atoms. The second-order valence-corrected chi connectivity index (χ2v) is 4.05. The molecule has 0 aliphatic rings. The Morgan fingerprint density at radius 2 is 2.11 bits per heavy atom. The van der Waals surface area contributed by atoms with E-state index in [1.54, 1.807) is 30.6 Å². The normalized spacial score (nSPS) is 12.0. The average Bonchev–Trinajstić information content (AvgIpc) is 2.37. The number of carboxylic acids is 1. The predicted molar refractivity (Wildman–Crippen MR) is 66.4 cm³/mol. The summed E-state index contributed by atoms with van der Waals surface area (Å²) in [4.78, 5) is 15.3. The lowest BCUT2D eigenvalue weighted by atomic mass is 9.92. The summed E-state index contributed by atoms with van der Waals surface area (Å²) >= 11 is 0. The van der Waals surface area contributed by atoms with Crippen LogP contribution in [0.5, 0.6) is 5.75 Å². The van der Waals surface area contributed by atoms with Crippen LogP contribution in [-0.4, -0.2) is 21.2 Å². The molecule has 1 unspecified atom stereocenters. The molecule has 1 heterocycles. The summed E-state index contributed by atoms with van der Waals surface area (Å²) in [6.45, 7) is 0. The summed E-state index contributed by atoms with van der Waals surface area (Å²) in [5, 5.41) is 18.7. The van der Waals surface area contributed by atoms with Gasteiger partial charge in [-0.3, -0.25) is 9.78 Å². The third-order valence-electron chi connectivity index (χ3n) is 2.73. The minimum absolute atomic E-state index is 0.0740. The van der Waals surface area contributed by atoms with E-state index in [1.807, 2.05) is 6.07 Å². The Labute approximate surface area is 105 Å². The standard InChI is InChI=1S/C14H13NO3/c16-12-5-1-4-11(8-12)13(14(17)18)7-10-3-2-6-15-9-10/h1-6,8-9,13,16H,7H2,(H,17,18). The summed E-state index contributed by atoms with van der Waals surface area (Å²) < 4.78 is 0. The minimum atomic E-state index is -0.913. The molecule has 0 aliphatic carbocycles. The van der Waals surface area contributed by atoms with Crippen LogP contribution in [-0.2, 0) is 11.2 Å². The smallest absolute Gasteiger partial charge is 0.311 e. The molecule has 18 heavy (non-hydrogen) atoms. The van der Waals surface area contributed by atoms with E-state index in [-0.39, 0.29) is 5.75 Å². The van der Waals surface area contributed by atoms with Crippen molar-refractivity contribution < 1.29 is 15.0 Å². The number of benzene rings is 1. The molecular weight excluding hydrogens is 230 g/mol. The van der Waals surface area contributed by atoms with E-state index >= 15 is 0 Å². The van der Waals surface area contributed by atoms with Crippen LogP contribution >= 0.6 is 0 Å². The molecule has 4 heteroatoms. The van der Waals surface area contributed by atoms with Crippen molar-refractivity contribution in [3.8, 4) is 5.75 Å². The van der Waals surface area contributed by atoms with Crippen LogP contribution in [0.3, 0.4) is 0 Å². The molecule has 1 aromatic heterocycles. The van der Waals surface area contributed by atoms with Gasteiger partial charge < -0.3 is 10.2 Å². The summed E-state index contributed by atoms with van der Waals surface area (Å²) in [6.07, 6.45) is 3.65. The van der Waals surface area contributed by atoms with Crippen LogP contribution in [0.1, 0.15) is 17.0 Å². The molecule has 4 nitrogen and oxygen atoms in total. The van der Waals surface area contributed by atoms with E-state index in [0.29, 0.717) is 12.0 Å². The first-order chi connectivity index (χ1) is 8.66. The van der Waals surface area contributed by atoms with E-state index < -0.39 is 11.9 Å². The first-order valence-corrected chi connectivity index (χ1v) is 5.57. The third-order valence-corrected chi connectivity index (χ3v) is 2.73. The van der Waals surface area contributed by atoms with Gasteiger partial charge in [-0.05, 0) is 35.7 Å². The number of hydrogen-bond acceptors (Lipinski definition) is 3. The Kier molecular flexibility index (Phi) is 3.57. The monoisotopic (exact) mass is 243 g/mol. The number of phenols is 1. The van der Waals surface area contributed by atoms with Crippen molar-refractivity contribution >= 4 is 5.97 Å². The molecule has 0 saturated carbocycles. The number of pyridine rings is 1. The van der Waals surface area contributed by atoms with Gasteiger partial charge in [0.05, 0.1) is 5.92 Å². The maximum atomic E-state index is 11.3. The zero-order chi connectivity index (χ0) is 13.0. The highest BCUT2D eigenvalue weighted by molar-refractivity contribution is 5.76. The second kappa shape index (κ2) is 5.31. The number of carboxylic acid groups (broad SMARTS) is 1. The van der Waals surface area contributed by atoms with Gasteiger partial charge >= 0.3 is 5.97 Å². The fourth-order valence-corrected chi connectivity index (χ4v) is 1.84. The van der Waals surface area contributed by atoms with Crippen LogP contribution in [0.15, 0.2) is 48.8 Å². The largest absolute Gasteiger partial charge is 0.508 e. The van der Waals surface area contributed by atoms with Gasteiger partial charge in [0.15, 0.2) is 0 Å². The van der Waals surface area contributed by atoms with Gasteiger partial charge in [0.2, 0.25) is 0 Å². The van der Waals surface area contributed by atoms with Gasteiger partial charge in [-0.25, -0.2) is 0 Å². The number of nitrogens with zero attached hydrogens (tertiary/aromatic N) is 1. The maximum Gasteiger partial charge on any atom is 0.311 e. The molecule has 1 atom stereocenters. The lowest BCUT2D eigenvalue weighted by molar-refractivity contribution is -0.138. The topological polar surface area (TPSA) is 70.4 Å². The average molecular weight is 243 g/mol. The van der Waals surface area contributed by atoms with Crippen molar-refractivity contribution in [1.29, 1.82) is 0 Å². The third kappa shape index (κ3) is 2.85. The quantitative estimate of drug-likeness (QED) is 0.863. The van der Waals surface area contributed by atoms with Gasteiger partial charge in [0.1, 0.15) is 5.75 Å². The van der Waals surface area contributed by atoms with Crippen molar-refractivity contribution in [3.63, 3.8) is 0 Å². The molecule has 0 bridgehead atoms. The molecular formula is C14H13NO3. The number of aromatic nitrogens is 1. The maximum absolute atomic E-state index is 11.3. The number of rotatable bonds is 4. The number of hydrogen-bond donors (Lipinski definition) is 2. The fourth-order valence-electron chi connectivity index (χ4n) is 1.84. The first-order valence-electron chi connectivity index (χ1n) is 5.57. The van der Waals surface area contributed by atoms with E-state index in [2.05, 4.69) is 4.98 Å². The zero-order valence-corrected chi connectivity index (χ0v) is 9.65. The van der Waals surface area contributed by atoms with Crippen molar-refractivity contribution in [2.75, 3.05) is 0 Å². The van der Waals surface area contributed by atoms with Crippen molar-refractivity contribution in [2.45, 2.75) is 12.3 Å². The van der Waals surface area contributed by atoms with E-state index in [0.717, 1.165) is 5.56 Å². The van der Waals surface area contributed by atoms with Crippen molar-refractivity contribution in [1.82, 2.24) is 4.98 Å². The SMILES string of the molecule is O=C(O)C(Cc1cccnc1)c1cccc(O)c1. The van der Waals surface area contributed by atoms with Gasteiger partial charge in [-0.15, -0.1) is 0 Å². The van der Waals surface area contributed by atoms with Crippen LogP contribution in [0.2, 0.25) is 0 Å². The van der Waals surface area contributed by atoms with Crippen LogP contribution < -0.4 is 0 Å². The Bertz CT molecular complexity index is 540. The Hall–Kier alpha value is -2.36. The highest BCUT2D eigenvalue weighted by Gasteiger charge is 2.20. The van der Waals surface area contributed by atoms with Crippen LogP contribution in [0.4, 0.5) is 0 Å². The Balaban J connectivity index is 2.27. The molecule has 2 aromatic rings. The first kappa shape index (κ1) is 12.1. The summed E-state index contributed by atoms with van der Waals surface area (Å²) in [5.41, 5.74) is 1.44. The number of aliphatic carboxylic acids is 1. The molecule has 2 N–H and O–H groups in total. The van der Waals surface area contributed by atoms with Crippen LogP contribution in [0, 0.1) is 0 Å². The molecule has 0 radical (unpaired) electrons. The minimum Gasteiger partial charge on any atom is -0.508 e. The van der Waals surface area contributed by atoms with Crippen LogP contribution in [0.25, 0.3) is 0 Å². The molecule has 1 aromatic carbocycles. The number of carbonyl (C=O) groups is 1. The van der Waals surface area contributed by atoms with Gasteiger partial charge in [0.25, 0.3) is 0 Å². The second-order valence-electron chi connectivity index (χ2n) is 4.05. The number of aromatic hydroxyl groups is 1. The summed E-state index contributed by atoms with van der Waals surface area (Å²) in [5.74, 6) is -1.52. The molecule has 0 fully saturated rings. The molecule has 0 amide bonds. The summed E-state index contributed by atoms with van der Waals surface area (Å²) in [6, 6.07) is 9.96. The van der Waals surface area contributed by atoms with Gasteiger partial charge in [0, 0.05) is 12.4 Å². The Morgan fingerprint density at radius 1 is 1.28 bits per heavy atom. The van der Waals surface area contributed by atoms with Gasteiger partial charge in [-0.2, -0.15) is 0 Å². The van der Waals surface area contributed by atoms with Gasteiger partial charge in [-0.1, -0.05) is 18.2 Å². The summed E-state index contributed by atoms with van der Waals surface area (Å²) in [7, 11) is 0. The molecule has 92 valence electrons. The lowest BCUT2D eigenvalue weighted by Gasteiger charge is -2.12. The van der Waals surface area contributed by atoms with E-state index in [4.69, 9.17) is 0 Å². The lowest BCUT2D eigenvalue weighted by Crippen LogP contribution is -2.14. The zero-order valence-electron chi connectivity index (χ0n) is 9.65. The molecule has 0 aliphatic heterocycles. The highest BCUT2D eigenvalue weighted by atomic mass is 16.4. The number of phenolic OH excluding ortho intramolecular Hbond substituents is 1. The molecule has 2 rings (SSSR count).